The number of ether oxygens (including phenoxy) is 1. The number of hydrogen-bond acceptors (Lipinski definition) is 5. The maximum Gasteiger partial charge on any atom is 0.255 e. The molecule has 156 valence electrons. The number of benzene rings is 1. The highest BCUT2D eigenvalue weighted by Crippen LogP contribution is 2.43. The van der Waals surface area contributed by atoms with E-state index in [2.05, 4.69) is 37.8 Å². The first kappa shape index (κ1) is 19.0. The van der Waals surface area contributed by atoms with Gasteiger partial charge in [0.25, 0.3) is 5.91 Å². The average Bonchev–Trinajstić information content (AvgIpc) is 3.13. The van der Waals surface area contributed by atoms with Crippen molar-refractivity contribution in [1.82, 2.24) is 15.3 Å². The van der Waals surface area contributed by atoms with Crippen LogP contribution in [0, 0.1) is 17.7 Å². The Morgan fingerprint density at radius 1 is 1.26 bits per heavy atom. The third-order valence-corrected chi connectivity index (χ3v) is 5.54. The van der Waals surface area contributed by atoms with Gasteiger partial charge in [-0.15, -0.1) is 5.92 Å². The minimum atomic E-state index is -0.489. The SMILES string of the molecule is COc1c(F)cccc1Nc1c2[nH]c3c1C(=O)NCC3CC#CCNc1cnccc1-2. The summed E-state index contributed by atoms with van der Waals surface area (Å²) in [5, 5.41) is 9.52. The Bertz CT molecular complexity index is 1240. The van der Waals surface area contributed by atoms with Crippen molar-refractivity contribution in [2.24, 2.45) is 0 Å². The lowest BCUT2D eigenvalue weighted by Gasteiger charge is -2.22. The number of amides is 1. The number of carbonyl (C=O) groups is 1. The summed E-state index contributed by atoms with van der Waals surface area (Å²) in [6.45, 7) is 0.983. The summed E-state index contributed by atoms with van der Waals surface area (Å²) in [5.74, 6) is 5.74. The van der Waals surface area contributed by atoms with E-state index in [1.165, 1.54) is 13.2 Å². The summed E-state index contributed by atoms with van der Waals surface area (Å²) in [5.41, 5.74) is 4.63. The number of H-pyrrole nitrogens is 1. The molecule has 0 saturated heterocycles. The van der Waals surface area contributed by atoms with Crippen LogP contribution in [0.2, 0.25) is 0 Å². The third kappa shape index (κ3) is 3.24. The van der Waals surface area contributed by atoms with Gasteiger partial charge < -0.3 is 25.7 Å². The minimum absolute atomic E-state index is 0.0206. The van der Waals surface area contributed by atoms with Crippen LogP contribution in [0.15, 0.2) is 36.7 Å². The smallest absolute Gasteiger partial charge is 0.255 e. The molecule has 2 aliphatic rings. The highest BCUT2D eigenvalue weighted by molar-refractivity contribution is 6.07. The van der Waals surface area contributed by atoms with Gasteiger partial charge in [0.2, 0.25) is 0 Å². The van der Waals surface area contributed by atoms with E-state index in [1.54, 1.807) is 24.5 Å². The van der Waals surface area contributed by atoms with E-state index in [0.717, 1.165) is 16.9 Å². The number of pyridine rings is 1. The minimum Gasteiger partial charge on any atom is -0.492 e. The van der Waals surface area contributed by atoms with E-state index >= 15 is 0 Å². The Labute approximate surface area is 178 Å². The molecule has 2 aromatic heterocycles. The predicted octanol–water partition coefficient (Wildman–Crippen LogP) is 3.61. The molecule has 3 aromatic rings. The van der Waals surface area contributed by atoms with Crippen molar-refractivity contribution >= 4 is 23.0 Å². The lowest BCUT2D eigenvalue weighted by atomic mass is 9.93. The van der Waals surface area contributed by atoms with Crippen LogP contribution in [0.3, 0.4) is 0 Å². The molecule has 1 atom stereocenters. The zero-order valence-electron chi connectivity index (χ0n) is 16.8. The molecule has 31 heavy (non-hydrogen) atoms. The summed E-state index contributed by atoms with van der Waals surface area (Å²) in [7, 11) is 1.41. The lowest BCUT2D eigenvalue weighted by molar-refractivity contribution is 0.0941. The molecule has 1 amide bonds. The summed E-state index contributed by atoms with van der Waals surface area (Å²) >= 11 is 0. The van der Waals surface area contributed by atoms with Gasteiger partial charge in [0.15, 0.2) is 11.6 Å². The Balaban J connectivity index is 1.76. The number of hydrogen-bond donors (Lipinski definition) is 4. The first-order valence-electron chi connectivity index (χ1n) is 9.95. The van der Waals surface area contributed by atoms with Crippen molar-refractivity contribution in [2.45, 2.75) is 12.3 Å². The zero-order valence-corrected chi connectivity index (χ0v) is 16.8. The Hall–Kier alpha value is -3.99. The molecular formula is C23H20FN5O2. The van der Waals surface area contributed by atoms with Crippen LogP contribution in [0.5, 0.6) is 5.75 Å². The maximum atomic E-state index is 14.3. The quantitative estimate of drug-likeness (QED) is 0.489. The summed E-state index contributed by atoms with van der Waals surface area (Å²) in [6.07, 6.45) is 4.01. The second kappa shape index (κ2) is 7.69. The van der Waals surface area contributed by atoms with Crippen molar-refractivity contribution < 1.29 is 13.9 Å². The molecule has 1 aromatic carbocycles. The highest BCUT2D eigenvalue weighted by atomic mass is 19.1. The molecule has 2 aliphatic heterocycles. The van der Waals surface area contributed by atoms with Crippen LogP contribution < -0.4 is 20.7 Å². The normalized spacial score (nSPS) is 16.6. The largest absolute Gasteiger partial charge is 0.492 e. The van der Waals surface area contributed by atoms with Gasteiger partial charge in [0.1, 0.15) is 0 Å². The number of aromatic nitrogens is 2. The number of anilines is 3. The van der Waals surface area contributed by atoms with Gasteiger partial charge in [0.05, 0.1) is 48.2 Å². The van der Waals surface area contributed by atoms with Crippen molar-refractivity contribution in [1.29, 1.82) is 0 Å². The average molecular weight is 417 g/mol. The molecule has 0 radical (unpaired) electrons. The van der Waals surface area contributed by atoms with Gasteiger partial charge in [-0.2, -0.15) is 0 Å². The first-order chi connectivity index (χ1) is 15.2. The standard InChI is InChI=1S/C23H20FN5O2/c1-31-22-15(24)6-4-7-16(22)28-21-18-19-13(11-27-23(18)30)5-2-3-9-26-17-12-25-10-8-14(17)20(21)29-19/h4,6-8,10,12-13,26,28-29H,5,9,11H2,1H3,(H,27,30). The van der Waals surface area contributed by atoms with Gasteiger partial charge in [-0.25, -0.2) is 4.39 Å². The van der Waals surface area contributed by atoms with Crippen LogP contribution in [-0.2, 0) is 0 Å². The van der Waals surface area contributed by atoms with E-state index in [4.69, 9.17) is 4.74 Å². The molecular weight excluding hydrogens is 397 g/mol. The highest BCUT2D eigenvalue weighted by Gasteiger charge is 2.33. The van der Waals surface area contributed by atoms with Gasteiger partial charge in [0, 0.05) is 36.3 Å². The molecule has 8 heteroatoms. The van der Waals surface area contributed by atoms with E-state index in [9.17, 15) is 9.18 Å². The van der Waals surface area contributed by atoms with E-state index in [-0.39, 0.29) is 17.6 Å². The Morgan fingerprint density at radius 2 is 2.16 bits per heavy atom. The second-order valence-electron chi connectivity index (χ2n) is 7.35. The van der Waals surface area contributed by atoms with Gasteiger partial charge in [-0.05, 0) is 18.2 Å². The van der Waals surface area contributed by atoms with Crippen molar-refractivity contribution in [3.05, 3.63) is 53.7 Å². The molecule has 0 spiro atoms. The van der Waals surface area contributed by atoms with Crippen LogP contribution in [-0.4, -0.2) is 36.1 Å². The van der Waals surface area contributed by atoms with E-state index in [1.807, 2.05) is 6.07 Å². The summed E-state index contributed by atoms with van der Waals surface area (Å²) in [4.78, 5) is 20.6. The van der Waals surface area contributed by atoms with Crippen molar-refractivity contribution in [2.75, 3.05) is 30.8 Å². The third-order valence-electron chi connectivity index (χ3n) is 5.54. The summed E-state index contributed by atoms with van der Waals surface area (Å²) in [6, 6.07) is 6.50. The van der Waals surface area contributed by atoms with Crippen molar-refractivity contribution in [3.63, 3.8) is 0 Å². The topological polar surface area (TPSA) is 91.1 Å². The molecule has 5 rings (SSSR count). The predicted molar refractivity (Wildman–Crippen MR) is 116 cm³/mol. The number of fused-ring (bicyclic) bond motifs is 3. The summed E-state index contributed by atoms with van der Waals surface area (Å²) < 4.78 is 19.6. The fourth-order valence-electron chi connectivity index (χ4n) is 4.07. The van der Waals surface area contributed by atoms with Gasteiger partial charge >= 0.3 is 0 Å². The van der Waals surface area contributed by atoms with E-state index < -0.39 is 5.82 Å². The fourth-order valence-corrected chi connectivity index (χ4v) is 4.07. The number of rotatable bonds is 3. The first-order valence-corrected chi connectivity index (χ1v) is 9.95. The number of para-hydroxylation sites is 1. The molecule has 1 unspecified atom stereocenters. The molecule has 2 bridgehead atoms. The molecule has 0 fully saturated rings. The number of halogens is 1. The Morgan fingerprint density at radius 3 is 3.03 bits per heavy atom. The van der Waals surface area contributed by atoms with Gasteiger partial charge in [-0.1, -0.05) is 12.0 Å². The van der Waals surface area contributed by atoms with Gasteiger partial charge in [-0.3, -0.25) is 9.78 Å². The maximum absolute atomic E-state index is 14.3. The number of nitrogens with one attached hydrogen (secondary N) is 4. The Kier molecular flexibility index (Phi) is 4.71. The number of methoxy groups -OCH3 is 1. The zero-order chi connectivity index (χ0) is 21.4. The van der Waals surface area contributed by atoms with Crippen LogP contribution >= 0.6 is 0 Å². The fraction of sp³-hybridized carbons (Fsp3) is 0.217. The van der Waals surface area contributed by atoms with Crippen molar-refractivity contribution in [3.8, 4) is 28.8 Å². The lowest BCUT2D eigenvalue weighted by Crippen LogP contribution is -2.35. The molecule has 7 nitrogen and oxygen atoms in total. The molecule has 4 heterocycles. The number of carbonyl (C=O) groups excluding carboxylic acids is 1. The van der Waals surface area contributed by atoms with Crippen LogP contribution in [0.1, 0.15) is 28.4 Å². The number of nitrogens with zero attached hydrogens (tertiary/aromatic N) is 1. The van der Waals surface area contributed by atoms with E-state index in [0.29, 0.717) is 42.1 Å². The monoisotopic (exact) mass is 417 g/mol. The molecule has 0 aliphatic carbocycles. The second-order valence-corrected chi connectivity index (χ2v) is 7.35. The molecule has 0 saturated carbocycles. The van der Waals surface area contributed by atoms with Crippen LogP contribution in [0.4, 0.5) is 21.5 Å². The van der Waals surface area contributed by atoms with Crippen LogP contribution in [0.25, 0.3) is 11.3 Å². The number of aromatic amines is 1. The molecule has 4 N–H and O–H groups in total.